The minimum absolute atomic E-state index is 0.586. The van der Waals surface area contributed by atoms with Crippen LogP contribution in [0.15, 0.2) is 35.2 Å². The van der Waals surface area contributed by atoms with E-state index in [1.807, 2.05) is 19.9 Å². The van der Waals surface area contributed by atoms with Gasteiger partial charge in [0.15, 0.2) is 0 Å². The van der Waals surface area contributed by atoms with Crippen molar-refractivity contribution in [2.75, 3.05) is 0 Å². The van der Waals surface area contributed by atoms with E-state index < -0.39 is 5.60 Å². The predicted octanol–water partition coefficient (Wildman–Crippen LogP) is 4.54. The molecule has 0 spiro atoms. The molecule has 1 aromatic carbocycles. The number of aromatic nitrogens is 1. The number of hydrogen-bond donors (Lipinski definition) is 1. The van der Waals surface area contributed by atoms with E-state index in [-0.39, 0.29) is 0 Å². The van der Waals surface area contributed by atoms with E-state index in [1.54, 1.807) is 23.1 Å². The Kier molecular flexibility index (Phi) is 3.89. The second-order valence-corrected chi connectivity index (χ2v) is 7.89. The third kappa shape index (κ3) is 3.25. The molecule has 0 atom stereocenters. The molecule has 1 fully saturated rings. The second kappa shape index (κ2) is 5.51. The average Bonchev–Trinajstić information content (AvgIpc) is 3.16. The summed E-state index contributed by atoms with van der Waals surface area (Å²) in [6, 6.07) is 10.4. The highest BCUT2D eigenvalue weighted by atomic mass is 32.2. The fourth-order valence-corrected chi connectivity index (χ4v) is 4.24. The molecule has 1 saturated carbocycles. The van der Waals surface area contributed by atoms with E-state index in [0.717, 1.165) is 21.3 Å². The lowest BCUT2D eigenvalue weighted by Crippen LogP contribution is -2.15. The Morgan fingerprint density at radius 2 is 2.00 bits per heavy atom. The molecule has 4 heteroatoms. The van der Waals surface area contributed by atoms with Crippen molar-refractivity contribution in [1.29, 1.82) is 0 Å². The lowest BCUT2D eigenvalue weighted by atomic mass is 10.0. The van der Waals surface area contributed by atoms with Crippen molar-refractivity contribution in [3.63, 3.8) is 0 Å². The van der Waals surface area contributed by atoms with Crippen LogP contribution in [0.2, 0.25) is 0 Å². The summed E-state index contributed by atoms with van der Waals surface area (Å²) in [7, 11) is 0. The van der Waals surface area contributed by atoms with E-state index >= 15 is 0 Å². The van der Waals surface area contributed by atoms with Crippen LogP contribution in [0.1, 0.15) is 48.2 Å². The Labute approximate surface area is 128 Å². The van der Waals surface area contributed by atoms with Crippen LogP contribution in [0.4, 0.5) is 0 Å². The van der Waals surface area contributed by atoms with Gasteiger partial charge in [-0.25, -0.2) is 4.98 Å². The summed E-state index contributed by atoms with van der Waals surface area (Å²) >= 11 is 3.48. The number of aliphatic hydroxyl groups is 1. The van der Waals surface area contributed by atoms with Gasteiger partial charge in [-0.1, -0.05) is 18.2 Å². The van der Waals surface area contributed by atoms with Gasteiger partial charge in [0.1, 0.15) is 5.01 Å². The van der Waals surface area contributed by atoms with Crippen LogP contribution in [-0.2, 0) is 11.4 Å². The SMILES string of the molecule is CC(C)(O)c1sc(CSc2ccccc2)nc1C1CC1. The van der Waals surface area contributed by atoms with E-state index in [0.29, 0.717) is 5.92 Å². The predicted molar refractivity (Wildman–Crippen MR) is 85.3 cm³/mol. The molecule has 0 aliphatic heterocycles. The first-order chi connectivity index (χ1) is 9.54. The minimum atomic E-state index is -0.773. The number of thiazole rings is 1. The number of nitrogens with zero attached hydrogens (tertiary/aromatic N) is 1. The zero-order valence-electron chi connectivity index (χ0n) is 11.8. The van der Waals surface area contributed by atoms with E-state index in [9.17, 15) is 5.11 Å². The van der Waals surface area contributed by atoms with Crippen LogP contribution in [0.25, 0.3) is 0 Å². The lowest BCUT2D eigenvalue weighted by Gasteiger charge is -2.16. The molecular formula is C16H19NOS2. The summed E-state index contributed by atoms with van der Waals surface area (Å²) < 4.78 is 0. The summed E-state index contributed by atoms with van der Waals surface area (Å²) in [5.74, 6) is 1.47. The van der Waals surface area contributed by atoms with Crippen molar-refractivity contribution in [1.82, 2.24) is 4.98 Å². The summed E-state index contributed by atoms with van der Waals surface area (Å²) in [6.07, 6.45) is 2.44. The normalized spacial score (nSPS) is 15.6. The first kappa shape index (κ1) is 14.1. The Hall–Kier alpha value is -0.840. The van der Waals surface area contributed by atoms with Gasteiger partial charge in [0.05, 0.1) is 21.9 Å². The van der Waals surface area contributed by atoms with Crippen LogP contribution in [0.5, 0.6) is 0 Å². The highest BCUT2D eigenvalue weighted by Gasteiger charge is 2.34. The fourth-order valence-electron chi connectivity index (χ4n) is 2.17. The van der Waals surface area contributed by atoms with Gasteiger partial charge in [0, 0.05) is 10.8 Å². The molecule has 0 amide bonds. The molecule has 1 aromatic heterocycles. The summed E-state index contributed by atoms with van der Waals surface area (Å²) in [5, 5.41) is 11.4. The maximum absolute atomic E-state index is 10.3. The van der Waals surface area contributed by atoms with Gasteiger partial charge in [-0.15, -0.1) is 23.1 Å². The molecular weight excluding hydrogens is 286 g/mol. The molecule has 1 aliphatic rings. The van der Waals surface area contributed by atoms with Gasteiger partial charge in [-0.05, 0) is 38.8 Å². The van der Waals surface area contributed by atoms with Crippen LogP contribution in [0, 0.1) is 0 Å². The van der Waals surface area contributed by atoms with E-state index in [1.165, 1.54) is 17.7 Å². The quantitative estimate of drug-likeness (QED) is 0.823. The number of thioether (sulfide) groups is 1. The van der Waals surface area contributed by atoms with Crippen molar-refractivity contribution in [2.24, 2.45) is 0 Å². The fraction of sp³-hybridized carbons (Fsp3) is 0.438. The van der Waals surface area contributed by atoms with Crippen LogP contribution >= 0.6 is 23.1 Å². The van der Waals surface area contributed by atoms with Crippen LogP contribution in [0.3, 0.4) is 0 Å². The maximum atomic E-state index is 10.3. The number of hydrogen-bond acceptors (Lipinski definition) is 4. The molecule has 0 saturated heterocycles. The lowest BCUT2D eigenvalue weighted by molar-refractivity contribution is 0.0813. The van der Waals surface area contributed by atoms with E-state index in [2.05, 4.69) is 24.3 Å². The Balaban J connectivity index is 1.77. The third-order valence-corrected chi connectivity index (χ3v) is 5.91. The minimum Gasteiger partial charge on any atom is -0.385 e. The molecule has 2 nitrogen and oxygen atoms in total. The molecule has 0 unspecified atom stereocenters. The standard InChI is InChI=1S/C16H19NOS2/c1-16(2,18)15-14(11-8-9-11)17-13(20-15)10-19-12-6-4-3-5-7-12/h3-7,11,18H,8-10H2,1-2H3. The third-order valence-electron chi connectivity index (χ3n) is 3.32. The van der Waals surface area contributed by atoms with Crippen molar-refractivity contribution < 1.29 is 5.11 Å². The zero-order valence-corrected chi connectivity index (χ0v) is 13.4. The first-order valence-electron chi connectivity index (χ1n) is 6.94. The molecule has 1 aliphatic carbocycles. The number of benzene rings is 1. The molecule has 3 rings (SSSR count). The largest absolute Gasteiger partial charge is 0.385 e. The van der Waals surface area contributed by atoms with Crippen LogP contribution < -0.4 is 0 Å². The van der Waals surface area contributed by atoms with Gasteiger partial charge in [-0.2, -0.15) is 0 Å². The van der Waals surface area contributed by atoms with Crippen LogP contribution in [-0.4, -0.2) is 10.1 Å². The van der Waals surface area contributed by atoms with Gasteiger partial charge in [0.2, 0.25) is 0 Å². The Bertz CT molecular complexity index is 582. The van der Waals surface area contributed by atoms with Gasteiger partial charge < -0.3 is 5.11 Å². The summed E-state index contributed by atoms with van der Waals surface area (Å²) in [5.41, 5.74) is 0.372. The van der Waals surface area contributed by atoms with Crippen molar-refractivity contribution in [3.8, 4) is 0 Å². The van der Waals surface area contributed by atoms with Gasteiger partial charge >= 0.3 is 0 Å². The van der Waals surface area contributed by atoms with Crippen molar-refractivity contribution >= 4 is 23.1 Å². The molecule has 106 valence electrons. The van der Waals surface area contributed by atoms with Gasteiger partial charge in [-0.3, -0.25) is 0 Å². The summed E-state index contributed by atoms with van der Waals surface area (Å²) in [4.78, 5) is 7.11. The van der Waals surface area contributed by atoms with Crippen molar-refractivity contribution in [2.45, 2.75) is 48.9 Å². The highest BCUT2D eigenvalue weighted by Crippen LogP contribution is 2.46. The number of rotatable bonds is 5. The monoisotopic (exact) mass is 305 g/mol. The van der Waals surface area contributed by atoms with E-state index in [4.69, 9.17) is 4.98 Å². The molecule has 0 radical (unpaired) electrons. The van der Waals surface area contributed by atoms with Gasteiger partial charge in [0.25, 0.3) is 0 Å². The molecule has 1 heterocycles. The Morgan fingerprint density at radius 1 is 1.30 bits per heavy atom. The second-order valence-electron chi connectivity index (χ2n) is 5.76. The maximum Gasteiger partial charge on any atom is 0.103 e. The molecule has 1 N–H and O–H groups in total. The molecule has 0 bridgehead atoms. The first-order valence-corrected chi connectivity index (χ1v) is 8.74. The Morgan fingerprint density at radius 3 is 2.60 bits per heavy atom. The zero-order chi connectivity index (χ0) is 14.2. The summed E-state index contributed by atoms with van der Waals surface area (Å²) in [6.45, 7) is 3.72. The van der Waals surface area contributed by atoms with Crippen molar-refractivity contribution in [3.05, 3.63) is 45.9 Å². The average molecular weight is 305 g/mol. The topological polar surface area (TPSA) is 33.1 Å². The molecule has 2 aromatic rings. The highest BCUT2D eigenvalue weighted by molar-refractivity contribution is 7.98. The molecule has 20 heavy (non-hydrogen) atoms. The smallest absolute Gasteiger partial charge is 0.103 e.